The Hall–Kier alpha value is -3.87. The smallest absolute Gasteiger partial charge is 0.270 e. The van der Waals surface area contributed by atoms with Crippen LogP contribution in [0.4, 0.5) is 11.4 Å². The summed E-state index contributed by atoms with van der Waals surface area (Å²) in [5.74, 6) is 0.931. The Morgan fingerprint density at radius 3 is 2.60 bits per heavy atom. The highest BCUT2D eigenvalue weighted by atomic mass is 16.6. The minimum atomic E-state index is -0.455. The lowest BCUT2D eigenvalue weighted by Crippen LogP contribution is -2.33. The van der Waals surface area contributed by atoms with Gasteiger partial charge >= 0.3 is 0 Å². The number of non-ortho nitro benzene ring substituents is 1. The molecule has 0 saturated carbocycles. The maximum Gasteiger partial charge on any atom is 0.270 e. The molecular weight excluding hydrogens is 384 g/mol. The van der Waals surface area contributed by atoms with Crippen LogP contribution in [-0.4, -0.2) is 31.1 Å². The van der Waals surface area contributed by atoms with Crippen molar-refractivity contribution in [3.8, 4) is 22.6 Å². The number of para-hydroxylation sites is 1. The highest BCUT2D eigenvalue weighted by Crippen LogP contribution is 2.35. The molecule has 0 radical (unpaired) electrons. The number of hydrogen-bond acceptors (Lipinski definition) is 5. The molecule has 1 aliphatic rings. The lowest BCUT2D eigenvalue weighted by molar-refractivity contribution is -0.384. The topological polar surface area (TPSA) is 81.9 Å². The second kappa shape index (κ2) is 8.24. The van der Waals surface area contributed by atoms with Gasteiger partial charge in [-0.3, -0.25) is 14.9 Å². The van der Waals surface area contributed by atoms with Crippen molar-refractivity contribution >= 4 is 17.3 Å². The molecule has 0 aliphatic carbocycles. The number of amides is 1. The maximum atomic E-state index is 12.8. The number of nitrogens with zero attached hydrogens (tertiary/aromatic N) is 2. The number of anilines is 1. The predicted molar refractivity (Wildman–Crippen MR) is 113 cm³/mol. The number of benzene rings is 3. The molecule has 0 fully saturated rings. The minimum absolute atomic E-state index is 0.0482. The van der Waals surface area contributed by atoms with Gasteiger partial charge in [0.1, 0.15) is 11.5 Å². The van der Waals surface area contributed by atoms with Crippen LogP contribution in [-0.2, 0) is 11.2 Å². The number of rotatable bonds is 6. The van der Waals surface area contributed by atoms with Gasteiger partial charge in [-0.1, -0.05) is 30.3 Å². The summed E-state index contributed by atoms with van der Waals surface area (Å²) in [6, 6.07) is 19.3. The van der Waals surface area contributed by atoms with Crippen LogP contribution >= 0.6 is 0 Å². The fraction of sp³-hybridized carbons (Fsp3) is 0.174. The molecule has 1 heterocycles. The van der Waals surface area contributed by atoms with Crippen molar-refractivity contribution in [1.29, 1.82) is 0 Å². The summed E-state index contributed by atoms with van der Waals surface area (Å²) < 4.78 is 11.0. The van der Waals surface area contributed by atoms with E-state index in [1.807, 2.05) is 24.3 Å². The van der Waals surface area contributed by atoms with E-state index in [-0.39, 0.29) is 18.2 Å². The van der Waals surface area contributed by atoms with Crippen LogP contribution in [0.1, 0.15) is 5.56 Å². The molecule has 1 amide bonds. The molecule has 0 aromatic heterocycles. The second-order valence-corrected chi connectivity index (χ2v) is 6.88. The van der Waals surface area contributed by atoms with Gasteiger partial charge in [-0.25, -0.2) is 0 Å². The summed E-state index contributed by atoms with van der Waals surface area (Å²) in [6.45, 7) is 0.461. The minimum Gasteiger partial charge on any atom is -0.497 e. The van der Waals surface area contributed by atoms with Gasteiger partial charge in [0.2, 0.25) is 0 Å². The third kappa shape index (κ3) is 3.82. The zero-order valence-corrected chi connectivity index (χ0v) is 16.4. The number of methoxy groups -OCH3 is 1. The predicted octanol–water partition coefficient (Wildman–Crippen LogP) is 4.24. The van der Waals surface area contributed by atoms with E-state index in [2.05, 4.69) is 0 Å². The third-order valence-corrected chi connectivity index (χ3v) is 5.11. The fourth-order valence-corrected chi connectivity index (χ4v) is 3.57. The van der Waals surface area contributed by atoms with Crippen molar-refractivity contribution in [2.45, 2.75) is 6.42 Å². The van der Waals surface area contributed by atoms with Gasteiger partial charge in [-0.15, -0.1) is 0 Å². The Morgan fingerprint density at radius 1 is 1.10 bits per heavy atom. The van der Waals surface area contributed by atoms with Gasteiger partial charge in [-0.05, 0) is 41.8 Å². The molecule has 4 rings (SSSR count). The van der Waals surface area contributed by atoms with Gasteiger partial charge in [0, 0.05) is 29.9 Å². The van der Waals surface area contributed by atoms with Gasteiger partial charge in [0.15, 0.2) is 6.61 Å². The van der Waals surface area contributed by atoms with Crippen LogP contribution in [0.5, 0.6) is 11.5 Å². The van der Waals surface area contributed by atoms with Gasteiger partial charge in [0.25, 0.3) is 11.6 Å². The number of carbonyl (C=O) groups is 1. The zero-order chi connectivity index (χ0) is 21.1. The molecule has 1 aliphatic heterocycles. The summed E-state index contributed by atoms with van der Waals surface area (Å²) in [7, 11) is 1.57. The maximum absolute atomic E-state index is 12.8. The van der Waals surface area contributed by atoms with Crippen LogP contribution in [0, 0.1) is 10.1 Å². The summed E-state index contributed by atoms with van der Waals surface area (Å²) in [5, 5.41) is 11.2. The van der Waals surface area contributed by atoms with Crippen molar-refractivity contribution in [2.24, 2.45) is 0 Å². The van der Waals surface area contributed by atoms with Crippen LogP contribution in [0.2, 0.25) is 0 Å². The SMILES string of the molecule is COc1ccc(-c2cc([N+](=O)[O-])ccc2OCC(=O)N2CCc3ccccc32)cc1. The molecule has 30 heavy (non-hydrogen) atoms. The van der Waals surface area contributed by atoms with Crippen LogP contribution in [0.3, 0.4) is 0 Å². The van der Waals surface area contributed by atoms with Crippen molar-refractivity contribution in [3.05, 3.63) is 82.4 Å². The highest BCUT2D eigenvalue weighted by molar-refractivity contribution is 5.96. The van der Waals surface area contributed by atoms with E-state index in [4.69, 9.17) is 9.47 Å². The normalized spacial score (nSPS) is 12.4. The second-order valence-electron chi connectivity index (χ2n) is 6.88. The Morgan fingerprint density at radius 2 is 1.87 bits per heavy atom. The van der Waals surface area contributed by atoms with E-state index < -0.39 is 4.92 Å². The summed E-state index contributed by atoms with van der Waals surface area (Å²) in [5.41, 5.74) is 3.27. The first-order chi connectivity index (χ1) is 14.6. The average molecular weight is 404 g/mol. The monoisotopic (exact) mass is 404 g/mol. The fourth-order valence-electron chi connectivity index (χ4n) is 3.57. The first-order valence-electron chi connectivity index (χ1n) is 9.51. The largest absolute Gasteiger partial charge is 0.497 e. The van der Waals surface area contributed by atoms with E-state index in [0.717, 1.165) is 23.2 Å². The van der Waals surface area contributed by atoms with Crippen LogP contribution in [0.25, 0.3) is 11.1 Å². The van der Waals surface area contributed by atoms with E-state index in [9.17, 15) is 14.9 Å². The summed E-state index contributed by atoms with van der Waals surface area (Å²) >= 11 is 0. The lowest BCUT2D eigenvalue weighted by atomic mass is 10.0. The number of hydrogen-bond donors (Lipinski definition) is 0. The van der Waals surface area contributed by atoms with E-state index >= 15 is 0 Å². The number of carbonyl (C=O) groups excluding carboxylic acids is 1. The molecule has 3 aromatic rings. The highest BCUT2D eigenvalue weighted by Gasteiger charge is 2.25. The molecule has 7 nitrogen and oxygen atoms in total. The Balaban J connectivity index is 1.57. The first kappa shape index (κ1) is 19.4. The van der Waals surface area contributed by atoms with E-state index in [1.165, 1.54) is 18.2 Å². The third-order valence-electron chi connectivity index (χ3n) is 5.11. The van der Waals surface area contributed by atoms with Gasteiger partial charge in [-0.2, -0.15) is 0 Å². The number of fused-ring (bicyclic) bond motifs is 1. The average Bonchev–Trinajstić information content (AvgIpc) is 3.21. The van der Waals surface area contributed by atoms with Gasteiger partial charge in [0.05, 0.1) is 12.0 Å². The first-order valence-corrected chi connectivity index (χ1v) is 9.51. The standard InChI is InChI=1S/C23H20N2O5/c1-29-19-9-6-16(7-10-19)20-14-18(25(27)28)8-11-22(20)30-15-23(26)24-13-12-17-4-2-3-5-21(17)24/h2-11,14H,12-13,15H2,1H3. The molecule has 0 atom stereocenters. The van der Waals surface area contributed by atoms with Crippen molar-refractivity contribution < 1.29 is 19.2 Å². The molecule has 3 aromatic carbocycles. The van der Waals surface area contributed by atoms with Crippen LogP contribution < -0.4 is 14.4 Å². The Kier molecular flexibility index (Phi) is 5.34. The molecule has 152 valence electrons. The van der Waals surface area contributed by atoms with Crippen molar-refractivity contribution in [2.75, 3.05) is 25.2 Å². The van der Waals surface area contributed by atoms with Crippen molar-refractivity contribution in [1.82, 2.24) is 0 Å². The van der Waals surface area contributed by atoms with E-state index in [1.54, 1.807) is 36.3 Å². The Labute approximate surface area is 173 Å². The molecular formula is C23H20N2O5. The molecule has 0 N–H and O–H groups in total. The summed E-state index contributed by atoms with van der Waals surface area (Å²) in [6.07, 6.45) is 0.816. The molecule has 7 heteroatoms. The van der Waals surface area contributed by atoms with Crippen molar-refractivity contribution in [3.63, 3.8) is 0 Å². The lowest BCUT2D eigenvalue weighted by Gasteiger charge is -2.18. The number of nitro groups is 1. The number of nitro benzene ring substituents is 1. The molecule has 0 bridgehead atoms. The molecule has 0 saturated heterocycles. The Bertz CT molecular complexity index is 1100. The van der Waals surface area contributed by atoms with E-state index in [0.29, 0.717) is 23.6 Å². The van der Waals surface area contributed by atoms with Gasteiger partial charge < -0.3 is 14.4 Å². The molecule has 0 unspecified atom stereocenters. The number of ether oxygens (including phenoxy) is 2. The van der Waals surface area contributed by atoms with Crippen LogP contribution in [0.15, 0.2) is 66.7 Å². The zero-order valence-electron chi connectivity index (χ0n) is 16.4. The quantitative estimate of drug-likeness (QED) is 0.453. The molecule has 0 spiro atoms. The summed E-state index contributed by atoms with van der Waals surface area (Å²) in [4.78, 5) is 25.3.